The van der Waals surface area contributed by atoms with Crippen molar-refractivity contribution < 1.29 is 22.0 Å². The van der Waals surface area contributed by atoms with E-state index in [1.165, 1.54) is 42.5 Å². The summed E-state index contributed by atoms with van der Waals surface area (Å²) < 4.78 is 53.4. The minimum atomic E-state index is -4.07. The summed E-state index contributed by atoms with van der Waals surface area (Å²) in [5, 5.41) is 5.36. The second-order valence-corrected chi connectivity index (χ2v) is 8.12. The Bertz CT molecular complexity index is 1190. The Kier molecular flexibility index (Phi) is 6.38. The average molecular weight is 447 g/mol. The highest BCUT2D eigenvalue weighted by atomic mass is 32.2. The molecule has 0 unspecified atom stereocenters. The third-order valence-corrected chi connectivity index (χ3v) is 5.42. The number of carbonyl (C=O) groups excluding carboxylic acids is 1. The van der Waals surface area contributed by atoms with Gasteiger partial charge in [0.15, 0.2) is 5.11 Å². The number of nitrogens with one attached hydrogen (secondary N) is 3. The molecule has 0 saturated carbocycles. The second-order valence-electron chi connectivity index (χ2n) is 6.03. The summed E-state index contributed by atoms with van der Waals surface area (Å²) in [6.45, 7) is 0. The van der Waals surface area contributed by atoms with Gasteiger partial charge in [-0.1, -0.05) is 18.2 Å². The van der Waals surface area contributed by atoms with Crippen LogP contribution in [-0.2, 0) is 10.0 Å². The predicted molar refractivity (Wildman–Crippen MR) is 114 cm³/mol. The van der Waals surface area contributed by atoms with Gasteiger partial charge >= 0.3 is 0 Å². The molecule has 0 aromatic heterocycles. The molecule has 0 fully saturated rings. The molecule has 0 aliphatic rings. The molecule has 0 spiro atoms. The molecule has 0 aliphatic carbocycles. The second kappa shape index (κ2) is 8.97. The van der Waals surface area contributed by atoms with Crippen molar-refractivity contribution in [3.8, 4) is 0 Å². The van der Waals surface area contributed by atoms with E-state index in [1.807, 2.05) is 4.72 Å². The molecule has 1 amide bonds. The zero-order chi connectivity index (χ0) is 21.7. The maximum absolute atomic E-state index is 13.7. The predicted octanol–water partition coefficient (Wildman–Crippen LogP) is 3.89. The summed E-state index contributed by atoms with van der Waals surface area (Å²) in [7, 11) is -4.07. The topological polar surface area (TPSA) is 87.3 Å². The number of hydrogen-bond acceptors (Lipinski definition) is 4. The number of thiocarbonyl (C=S) groups is 1. The van der Waals surface area contributed by atoms with Crippen LogP contribution in [0.4, 0.5) is 20.2 Å². The van der Waals surface area contributed by atoms with Crippen molar-refractivity contribution in [2.24, 2.45) is 0 Å². The molecule has 10 heteroatoms. The number of amides is 1. The monoisotopic (exact) mass is 447 g/mol. The summed E-state index contributed by atoms with van der Waals surface area (Å²) in [5.74, 6) is -2.27. The van der Waals surface area contributed by atoms with Crippen LogP contribution in [0.15, 0.2) is 77.7 Å². The maximum atomic E-state index is 13.7. The van der Waals surface area contributed by atoms with E-state index >= 15 is 0 Å². The fourth-order valence-electron chi connectivity index (χ4n) is 2.42. The molecular formula is C20H15F2N3O3S2. The minimum Gasteiger partial charge on any atom is -0.332 e. The first-order chi connectivity index (χ1) is 14.2. The zero-order valence-electron chi connectivity index (χ0n) is 15.2. The zero-order valence-corrected chi connectivity index (χ0v) is 16.9. The SMILES string of the molecule is O=C(NS(=O)(=O)c1ccc(NC(=S)Nc2ccc(F)cc2F)cc1)c1ccccc1. The quantitative estimate of drug-likeness (QED) is 0.515. The molecule has 0 saturated heterocycles. The van der Waals surface area contributed by atoms with E-state index in [9.17, 15) is 22.0 Å². The lowest BCUT2D eigenvalue weighted by molar-refractivity contribution is 0.0981. The van der Waals surface area contributed by atoms with Crippen LogP contribution >= 0.6 is 12.2 Å². The number of hydrogen-bond donors (Lipinski definition) is 3. The molecule has 3 N–H and O–H groups in total. The molecule has 0 atom stereocenters. The largest absolute Gasteiger partial charge is 0.332 e. The fraction of sp³-hybridized carbons (Fsp3) is 0. The van der Waals surface area contributed by atoms with Crippen LogP contribution in [0.1, 0.15) is 10.4 Å². The van der Waals surface area contributed by atoms with Gasteiger partial charge in [-0.15, -0.1) is 0 Å². The van der Waals surface area contributed by atoms with Crippen molar-refractivity contribution in [1.82, 2.24) is 4.72 Å². The van der Waals surface area contributed by atoms with E-state index in [0.717, 1.165) is 6.07 Å². The molecule has 0 radical (unpaired) electrons. The number of sulfonamides is 1. The van der Waals surface area contributed by atoms with Crippen molar-refractivity contribution in [2.75, 3.05) is 10.6 Å². The molecule has 6 nitrogen and oxygen atoms in total. The van der Waals surface area contributed by atoms with Crippen molar-refractivity contribution >= 4 is 44.6 Å². The Morgan fingerprint density at radius 3 is 2.17 bits per heavy atom. The van der Waals surface area contributed by atoms with Gasteiger partial charge in [0.05, 0.1) is 10.6 Å². The Hall–Kier alpha value is -3.37. The molecule has 3 aromatic rings. The molecule has 3 rings (SSSR count). The van der Waals surface area contributed by atoms with Gasteiger partial charge in [-0.25, -0.2) is 21.9 Å². The van der Waals surface area contributed by atoms with Crippen LogP contribution in [0.5, 0.6) is 0 Å². The number of anilines is 2. The highest BCUT2D eigenvalue weighted by Crippen LogP contribution is 2.17. The molecule has 3 aromatic carbocycles. The fourth-order valence-corrected chi connectivity index (χ4v) is 3.62. The van der Waals surface area contributed by atoms with Gasteiger partial charge in [0.2, 0.25) is 0 Å². The Labute approximate surface area is 177 Å². The first-order valence-electron chi connectivity index (χ1n) is 8.50. The minimum absolute atomic E-state index is 0.0169. The number of rotatable bonds is 5. The smallest absolute Gasteiger partial charge is 0.264 e. The molecule has 154 valence electrons. The van der Waals surface area contributed by atoms with Gasteiger partial charge in [0, 0.05) is 17.3 Å². The van der Waals surface area contributed by atoms with E-state index < -0.39 is 27.6 Å². The lowest BCUT2D eigenvalue weighted by atomic mass is 10.2. The van der Waals surface area contributed by atoms with E-state index in [4.69, 9.17) is 12.2 Å². The highest BCUT2D eigenvalue weighted by Gasteiger charge is 2.18. The summed E-state index contributed by atoms with van der Waals surface area (Å²) >= 11 is 5.07. The van der Waals surface area contributed by atoms with Crippen molar-refractivity contribution in [1.29, 1.82) is 0 Å². The average Bonchev–Trinajstić information content (AvgIpc) is 2.71. The number of carbonyl (C=O) groups is 1. The van der Waals surface area contributed by atoms with Gasteiger partial charge in [-0.2, -0.15) is 0 Å². The standard InChI is InChI=1S/C20H15F2N3O3S2/c21-14-6-11-18(17(22)12-14)24-20(29)23-15-7-9-16(10-8-15)30(27,28)25-19(26)13-4-2-1-3-5-13/h1-12H,(H,25,26)(H2,23,24,29). The van der Waals surface area contributed by atoms with E-state index in [1.54, 1.807) is 18.2 Å². The van der Waals surface area contributed by atoms with Crippen LogP contribution in [0.2, 0.25) is 0 Å². The lowest BCUT2D eigenvalue weighted by Gasteiger charge is -2.12. The van der Waals surface area contributed by atoms with Crippen LogP contribution in [0.3, 0.4) is 0 Å². The van der Waals surface area contributed by atoms with E-state index in [-0.39, 0.29) is 21.3 Å². The van der Waals surface area contributed by atoms with Gasteiger partial charge in [-0.3, -0.25) is 4.79 Å². The Morgan fingerprint density at radius 2 is 1.53 bits per heavy atom. The summed E-state index contributed by atoms with van der Waals surface area (Å²) in [5.41, 5.74) is 0.615. The number of benzene rings is 3. The molecule has 0 bridgehead atoms. The highest BCUT2D eigenvalue weighted by molar-refractivity contribution is 7.90. The first-order valence-corrected chi connectivity index (χ1v) is 10.4. The summed E-state index contributed by atoms with van der Waals surface area (Å²) in [6.07, 6.45) is 0. The maximum Gasteiger partial charge on any atom is 0.264 e. The third kappa shape index (κ3) is 5.37. The van der Waals surface area contributed by atoms with Crippen LogP contribution in [0, 0.1) is 11.6 Å². The van der Waals surface area contributed by atoms with Crippen LogP contribution in [-0.4, -0.2) is 19.4 Å². The lowest BCUT2D eigenvalue weighted by Crippen LogP contribution is -2.30. The van der Waals surface area contributed by atoms with Crippen LogP contribution < -0.4 is 15.4 Å². The van der Waals surface area contributed by atoms with Gasteiger partial charge in [0.1, 0.15) is 11.6 Å². The molecule has 0 aliphatic heterocycles. The Morgan fingerprint density at radius 1 is 0.867 bits per heavy atom. The molecular weight excluding hydrogens is 432 g/mol. The van der Waals surface area contributed by atoms with Gasteiger partial charge < -0.3 is 10.6 Å². The molecule has 0 heterocycles. The number of halogens is 2. The van der Waals surface area contributed by atoms with Crippen molar-refractivity contribution in [3.63, 3.8) is 0 Å². The van der Waals surface area contributed by atoms with Gasteiger partial charge in [-0.05, 0) is 60.7 Å². The van der Waals surface area contributed by atoms with Crippen molar-refractivity contribution in [3.05, 3.63) is 90.0 Å². The molecule has 30 heavy (non-hydrogen) atoms. The first kappa shape index (κ1) is 21.3. The van der Waals surface area contributed by atoms with E-state index in [0.29, 0.717) is 11.8 Å². The Balaban J connectivity index is 1.65. The van der Waals surface area contributed by atoms with Gasteiger partial charge in [0.25, 0.3) is 15.9 Å². The summed E-state index contributed by atoms with van der Waals surface area (Å²) in [4.78, 5) is 12.0. The van der Waals surface area contributed by atoms with E-state index in [2.05, 4.69) is 10.6 Å². The normalized spacial score (nSPS) is 10.9. The van der Waals surface area contributed by atoms with Crippen molar-refractivity contribution in [2.45, 2.75) is 4.90 Å². The van der Waals surface area contributed by atoms with Crippen LogP contribution in [0.25, 0.3) is 0 Å². The summed E-state index contributed by atoms with van der Waals surface area (Å²) in [6, 6.07) is 16.4. The third-order valence-electron chi connectivity index (χ3n) is 3.86.